The highest BCUT2D eigenvalue weighted by molar-refractivity contribution is 5.43. The minimum absolute atomic E-state index is 0.551. The molecule has 82 valence electrons. The summed E-state index contributed by atoms with van der Waals surface area (Å²) in [4.78, 5) is 0. The van der Waals surface area contributed by atoms with Crippen LogP contribution in [0.4, 0.5) is 0 Å². The van der Waals surface area contributed by atoms with E-state index in [1.54, 1.807) is 14.2 Å². The highest BCUT2D eigenvalue weighted by atomic mass is 16.5. The molecule has 0 unspecified atom stereocenters. The molecule has 1 aromatic carbocycles. The minimum Gasteiger partial charge on any atom is -0.497 e. The van der Waals surface area contributed by atoms with Gasteiger partial charge in [0.25, 0.3) is 0 Å². The SMILES string of the molecule is COc1ccc(OC)c([C@H]2CCNC2)c1. The molecule has 1 fully saturated rings. The maximum Gasteiger partial charge on any atom is 0.122 e. The smallest absolute Gasteiger partial charge is 0.122 e. The fourth-order valence-electron chi connectivity index (χ4n) is 2.08. The Balaban J connectivity index is 2.32. The van der Waals surface area contributed by atoms with Crippen LogP contribution in [-0.4, -0.2) is 27.3 Å². The Morgan fingerprint density at radius 2 is 2.13 bits per heavy atom. The molecule has 1 aromatic rings. The molecule has 0 amide bonds. The van der Waals surface area contributed by atoms with Crippen LogP contribution in [0.5, 0.6) is 11.5 Å². The molecule has 1 aliphatic heterocycles. The van der Waals surface area contributed by atoms with Crippen molar-refractivity contribution in [1.29, 1.82) is 0 Å². The van der Waals surface area contributed by atoms with Crippen LogP contribution in [0.15, 0.2) is 18.2 Å². The lowest BCUT2D eigenvalue weighted by atomic mass is 9.97. The second-order valence-electron chi connectivity index (χ2n) is 3.80. The van der Waals surface area contributed by atoms with Crippen LogP contribution in [0.3, 0.4) is 0 Å². The second kappa shape index (κ2) is 4.53. The first-order valence-electron chi connectivity index (χ1n) is 5.28. The van der Waals surface area contributed by atoms with E-state index in [2.05, 4.69) is 11.4 Å². The van der Waals surface area contributed by atoms with E-state index in [0.29, 0.717) is 5.92 Å². The molecule has 0 aliphatic carbocycles. The van der Waals surface area contributed by atoms with Crippen LogP contribution in [-0.2, 0) is 0 Å². The number of rotatable bonds is 3. The van der Waals surface area contributed by atoms with Crippen LogP contribution >= 0.6 is 0 Å². The summed E-state index contributed by atoms with van der Waals surface area (Å²) < 4.78 is 10.6. The van der Waals surface area contributed by atoms with Crippen molar-refractivity contribution in [1.82, 2.24) is 5.32 Å². The van der Waals surface area contributed by atoms with E-state index in [1.165, 1.54) is 12.0 Å². The van der Waals surface area contributed by atoms with Gasteiger partial charge in [-0.3, -0.25) is 0 Å². The Morgan fingerprint density at radius 3 is 2.73 bits per heavy atom. The molecule has 1 saturated heterocycles. The van der Waals surface area contributed by atoms with Crippen LogP contribution in [0, 0.1) is 0 Å². The first-order valence-corrected chi connectivity index (χ1v) is 5.28. The molecule has 1 N–H and O–H groups in total. The number of nitrogens with one attached hydrogen (secondary N) is 1. The number of hydrogen-bond acceptors (Lipinski definition) is 3. The lowest BCUT2D eigenvalue weighted by Crippen LogP contribution is -2.08. The average Bonchev–Trinajstić information content (AvgIpc) is 2.81. The first-order chi connectivity index (χ1) is 7.35. The van der Waals surface area contributed by atoms with Crippen molar-refractivity contribution in [2.45, 2.75) is 12.3 Å². The number of ether oxygens (including phenoxy) is 2. The Bertz CT molecular complexity index is 332. The molecular weight excluding hydrogens is 190 g/mol. The number of methoxy groups -OCH3 is 2. The third-order valence-electron chi connectivity index (χ3n) is 2.94. The van der Waals surface area contributed by atoms with Crippen molar-refractivity contribution >= 4 is 0 Å². The average molecular weight is 207 g/mol. The summed E-state index contributed by atoms with van der Waals surface area (Å²) in [6.07, 6.45) is 1.17. The molecule has 0 bridgehead atoms. The monoisotopic (exact) mass is 207 g/mol. The second-order valence-corrected chi connectivity index (χ2v) is 3.80. The van der Waals surface area contributed by atoms with Gasteiger partial charge < -0.3 is 14.8 Å². The maximum atomic E-state index is 5.37. The summed E-state index contributed by atoms with van der Waals surface area (Å²) in [6.45, 7) is 2.12. The lowest BCUT2D eigenvalue weighted by Gasteiger charge is -2.14. The highest BCUT2D eigenvalue weighted by Gasteiger charge is 2.20. The number of hydrogen-bond donors (Lipinski definition) is 1. The molecule has 15 heavy (non-hydrogen) atoms. The van der Waals surface area contributed by atoms with Crippen molar-refractivity contribution in [2.75, 3.05) is 27.3 Å². The zero-order valence-electron chi connectivity index (χ0n) is 9.25. The Labute approximate surface area is 90.4 Å². The van der Waals surface area contributed by atoms with E-state index in [0.717, 1.165) is 24.6 Å². The van der Waals surface area contributed by atoms with Crippen molar-refractivity contribution in [3.63, 3.8) is 0 Å². The Hall–Kier alpha value is -1.22. The van der Waals surface area contributed by atoms with Gasteiger partial charge in [0.1, 0.15) is 11.5 Å². The van der Waals surface area contributed by atoms with E-state index in [-0.39, 0.29) is 0 Å². The Morgan fingerprint density at radius 1 is 1.27 bits per heavy atom. The van der Waals surface area contributed by atoms with Crippen LogP contribution in [0.2, 0.25) is 0 Å². The lowest BCUT2D eigenvalue weighted by molar-refractivity contribution is 0.396. The van der Waals surface area contributed by atoms with Crippen LogP contribution < -0.4 is 14.8 Å². The van der Waals surface area contributed by atoms with E-state index in [9.17, 15) is 0 Å². The van der Waals surface area contributed by atoms with Gasteiger partial charge in [0.15, 0.2) is 0 Å². The van der Waals surface area contributed by atoms with E-state index in [4.69, 9.17) is 9.47 Å². The largest absolute Gasteiger partial charge is 0.497 e. The van der Waals surface area contributed by atoms with Gasteiger partial charge in [-0.25, -0.2) is 0 Å². The molecular formula is C12H17NO2. The maximum absolute atomic E-state index is 5.37. The van der Waals surface area contributed by atoms with Gasteiger partial charge in [-0.2, -0.15) is 0 Å². The standard InChI is InChI=1S/C12H17NO2/c1-14-10-3-4-12(15-2)11(7-10)9-5-6-13-8-9/h3-4,7,9,13H,5-6,8H2,1-2H3/t9-/m0/s1. The molecule has 1 aliphatic rings. The summed E-state index contributed by atoms with van der Waals surface area (Å²) >= 11 is 0. The van der Waals surface area contributed by atoms with Crippen molar-refractivity contribution in [3.05, 3.63) is 23.8 Å². The van der Waals surface area contributed by atoms with Gasteiger partial charge in [0.05, 0.1) is 14.2 Å². The van der Waals surface area contributed by atoms with Gasteiger partial charge >= 0.3 is 0 Å². The predicted octanol–water partition coefficient (Wildman–Crippen LogP) is 1.78. The fourth-order valence-corrected chi connectivity index (χ4v) is 2.08. The van der Waals surface area contributed by atoms with Gasteiger partial charge in [-0.15, -0.1) is 0 Å². The normalized spacial score (nSPS) is 20.3. The minimum atomic E-state index is 0.551. The zero-order chi connectivity index (χ0) is 10.7. The number of benzene rings is 1. The third-order valence-corrected chi connectivity index (χ3v) is 2.94. The first kappa shape index (κ1) is 10.3. The highest BCUT2D eigenvalue weighted by Crippen LogP contribution is 2.33. The molecule has 1 heterocycles. The zero-order valence-corrected chi connectivity index (χ0v) is 9.25. The van der Waals surface area contributed by atoms with Gasteiger partial charge in [-0.1, -0.05) is 0 Å². The summed E-state index contributed by atoms with van der Waals surface area (Å²) in [5.74, 6) is 2.41. The summed E-state index contributed by atoms with van der Waals surface area (Å²) in [5.41, 5.74) is 1.25. The molecule has 3 nitrogen and oxygen atoms in total. The van der Waals surface area contributed by atoms with Gasteiger partial charge in [0, 0.05) is 18.0 Å². The molecule has 3 heteroatoms. The molecule has 0 aromatic heterocycles. The van der Waals surface area contributed by atoms with Crippen molar-refractivity contribution < 1.29 is 9.47 Å². The molecule has 1 atom stereocenters. The summed E-state index contributed by atoms with van der Waals surface area (Å²) in [5, 5.41) is 3.36. The quantitative estimate of drug-likeness (QED) is 0.819. The molecule has 2 rings (SSSR count). The molecule has 0 radical (unpaired) electrons. The Kier molecular flexibility index (Phi) is 3.11. The van der Waals surface area contributed by atoms with Crippen molar-refractivity contribution in [3.8, 4) is 11.5 Å². The molecule has 0 saturated carbocycles. The summed E-state index contributed by atoms with van der Waals surface area (Å²) in [6, 6.07) is 5.99. The van der Waals surface area contributed by atoms with Crippen LogP contribution in [0.1, 0.15) is 17.9 Å². The van der Waals surface area contributed by atoms with E-state index >= 15 is 0 Å². The van der Waals surface area contributed by atoms with Gasteiger partial charge in [-0.05, 0) is 31.2 Å². The van der Waals surface area contributed by atoms with Crippen molar-refractivity contribution in [2.24, 2.45) is 0 Å². The predicted molar refractivity (Wildman–Crippen MR) is 59.8 cm³/mol. The third kappa shape index (κ3) is 2.07. The van der Waals surface area contributed by atoms with E-state index in [1.807, 2.05) is 12.1 Å². The molecule has 0 spiro atoms. The van der Waals surface area contributed by atoms with E-state index < -0.39 is 0 Å². The topological polar surface area (TPSA) is 30.5 Å². The van der Waals surface area contributed by atoms with Crippen LogP contribution in [0.25, 0.3) is 0 Å². The fraction of sp³-hybridized carbons (Fsp3) is 0.500. The summed E-state index contributed by atoms with van der Waals surface area (Å²) in [7, 11) is 3.41. The van der Waals surface area contributed by atoms with Gasteiger partial charge in [0.2, 0.25) is 0 Å².